The average Bonchev–Trinajstić information content (AvgIpc) is 2.37. The number of hydrogen-bond acceptors (Lipinski definition) is 3. The van der Waals surface area contributed by atoms with Gasteiger partial charge in [0, 0.05) is 25.2 Å². The highest BCUT2D eigenvalue weighted by molar-refractivity contribution is 5.88. The molecule has 1 amide bonds. The van der Waals surface area contributed by atoms with E-state index in [0.29, 0.717) is 6.54 Å². The number of halogens is 2. The van der Waals surface area contributed by atoms with Crippen molar-refractivity contribution in [2.24, 2.45) is 0 Å². The van der Waals surface area contributed by atoms with E-state index in [1.165, 1.54) is 6.92 Å². The fourth-order valence-electron chi connectivity index (χ4n) is 1.73. The maximum Gasteiger partial charge on any atom is 0.261 e. The molecule has 1 atom stereocenters. The summed E-state index contributed by atoms with van der Waals surface area (Å²) in [4.78, 5) is 11.0. The molecule has 0 aliphatic heterocycles. The van der Waals surface area contributed by atoms with Crippen molar-refractivity contribution in [3.05, 3.63) is 29.8 Å². The number of amides is 1. The molecule has 0 fully saturated rings. The van der Waals surface area contributed by atoms with Gasteiger partial charge in [0.25, 0.3) is 6.43 Å². The summed E-state index contributed by atoms with van der Waals surface area (Å²) in [7, 11) is 0. The molecule has 0 spiro atoms. The van der Waals surface area contributed by atoms with Gasteiger partial charge >= 0.3 is 0 Å². The van der Waals surface area contributed by atoms with Crippen molar-refractivity contribution >= 4 is 11.6 Å². The second kappa shape index (κ2) is 8.60. The van der Waals surface area contributed by atoms with Crippen LogP contribution in [0.5, 0.6) is 0 Å². The van der Waals surface area contributed by atoms with E-state index in [2.05, 4.69) is 10.6 Å². The lowest BCUT2D eigenvalue weighted by atomic mass is 10.1. The topological polar surface area (TPSA) is 50.4 Å². The van der Waals surface area contributed by atoms with E-state index in [1.807, 2.05) is 31.2 Å². The van der Waals surface area contributed by atoms with Gasteiger partial charge in [0.2, 0.25) is 5.91 Å². The first kappa shape index (κ1) is 16.5. The Morgan fingerprint density at radius 1 is 1.40 bits per heavy atom. The van der Waals surface area contributed by atoms with Crippen LogP contribution in [0.1, 0.15) is 25.5 Å². The van der Waals surface area contributed by atoms with Crippen molar-refractivity contribution in [3.8, 4) is 0 Å². The molecule has 2 N–H and O–H groups in total. The molecule has 4 nitrogen and oxygen atoms in total. The molecule has 1 unspecified atom stereocenters. The maximum atomic E-state index is 11.9. The zero-order valence-corrected chi connectivity index (χ0v) is 11.7. The van der Waals surface area contributed by atoms with Crippen LogP contribution in [0.2, 0.25) is 0 Å². The van der Waals surface area contributed by atoms with E-state index in [4.69, 9.17) is 4.74 Å². The van der Waals surface area contributed by atoms with Crippen molar-refractivity contribution in [2.75, 3.05) is 25.1 Å². The van der Waals surface area contributed by atoms with Crippen LogP contribution in [0.25, 0.3) is 0 Å². The van der Waals surface area contributed by atoms with Gasteiger partial charge < -0.3 is 15.4 Å². The predicted octanol–water partition coefficient (Wildman–Crippen LogP) is 2.58. The van der Waals surface area contributed by atoms with E-state index in [1.54, 1.807) is 0 Å². The lowest BCUT2D eigenvalue weighted by Gasteiger charge is -2.15. The van der Waals surface area contributed by atoms with Crippen LogP contribution in [0.4, 0.5) is 14.5 Å². The summed E-state index contributed by atoms with van der Waals surface area (Å²) in [6, 6.07) is 7.51. The van der Waals surface area contributed by atoms with Crippen LogP contribution in [0.3, 0.4) is 0 Å². The minimum absolute atomic E-state index is 0.0406. The first-order valence-corrected chi connectivity index (χ1v) is 6.46. The Kier molecular flexibility index (Phi) is 7.11. The van der Waals surface area contributed by atoms with Gasteiger partial charge in [0.05, 0.1) is 6.61 Å². The van der Waals surface area contributed by atoms with Gasteiger partial charge in [-0.15, -0.1) is 0 Å². The quantitative estimate of drug-likeness (QED) is 0.722. The highest BCUT2D eigenvalue weighted by atomic mass is 19.3. The van der Waals surface area contributed by atoms with Crippen LogP contribution in [0.15, 0.2) is 24.3 Å². The molecule has 1 aromatic rings. The highest BCUT2D eigenvalue weighted by Crippen LogP contribution is 2.17. The molecule has 20 heavy (non-hydrogen) atoms. The Morgan fingerprint density at radius 2 is 2.15 bits per heavy atom. The Labute approximate surface area is 117 Å². The molecule has 1 rings (SSSR count). The smallest absolute Gasteiger partial charge is 0.261 e. The zero-order chi connectivity index (χ0) is 15.0. The fraction of sp³-hybridized carbons (Fsp3) is 0.500. The SMILES string of the molecule is CC(=O)Nc1cccc(C(C)NCCOCC(F)F)c1. The minimum atomic E-state index is -2.43. The molecule has 0 bridgehead atoms. The third-order valence-electron chi connectivity index (χ3n) is 2.65. The molecule has 0 aliphatic rings. The number of alkyl halides is 2. The summed E-state index contributed by atoms with van der Waals surface area (Å²) in [6.07, 6.45) is -2.43. The lowest BCUT2D eigenvalue weighted by Crippen LogP contribution is -2.24. The van der Waals surface area contributed by atoms with E-state index >= 15 is 0 Å². The normalized spacial score (nSPS) is 12.4. The van der Waals surface area contributed by atoms with Gasteiger partial charge in [-0.3, -0.25) is 4.79 Å². The monoisotopic (exact) mass is 286 g/mol. The summed E-state index contributed by atoms with van der Waals surface area (Å²) in [6.45, 7) is 3.60. The van der Waals surface area contributed by atoms with Gasteiger partial charge in [-0.25, -0.2) is 8.78 Å². The molecule has 0 aliphatic carbocycles. The number of carbonyl (C=O) groups is 1. The van der Waals surface area contributed by atoms with E-state index in [9.17, 15) is 13.6 Å². The summed E-state index contributed by atoms with van der Waals surface area (Å²) >= 11 is 0. The molecule has 0 aromatic heterocycles. The molecule has 0 saturated heterocycles. The van der Waals surface area contributed by atoms with Gasteiger partial charge in [-0.2, -0.15) is 0 Å². The molecule has 6 heteroatoms. The van der Waals surface area contributed by atoms with Crippen LogP contribution >= 0.6 is 0 Å². The summed E-state index contributed by atoms with van der Waals surface area (Å²) < 4.78 is 28.5. The Hall–Kier alpha value is -1.53. The van der Waals surface area contributed by atoms with E-state index in [-0.39, 0.29) is 18.6 Å². The third kappa shape index (κ3) is 6.58. The Bertz CT molecular complexity index is 427. The second-order valence-corrected chi connectivity index (χ2v) is 4.45. The van der Waals surface area contributed by atoms with Crippen LogP contribution in [-0.2, 0) is 9.53 Å². The Morgan fingerprint density at radius 3 is 2.80 bits per heavy atom. The number of hydrogen-bond donors (Lipinski definition) is 2. The molecular weight excluding hydrogens is 266 g/mol. The number of anilines is 1. The van der Waals surface area contributed by atoms with Crippen LogP contribution < -0.4 is 10.6 Å². The first-order chi connectivity index (χ1) is 9.49. The summed E-state index contributed by atoms with van der Waals surface area (Å²) in [5.74, 6) is -0.122. The number of ether oxygens (including phenoxy) is 1. The molecule has 1 aromatic carbocycles. The van der Waals surface area contributed by atoms with Gasteiger partial charge in [-0.1, -0.05) is 12.1 Å². The fourth-order valence-corrected chi connectivity index (χ4v) is 1.73. The molecule has 0 radical (unpaired) electrons. The molecular formula is C14H20F2N2O2. The van der Waals surface area contributed by atoms with Crippen molar-refractivity contribution < 1.29 is 18.3 Å². The standard InChI is InChI=1S/C14H20F2N2O2/c1-10(17-6-7-20-9-14(15)16)12-4-3-5-13(8-12)18-11(2)19/h3-5,8,10,14,17H,6-7,9H2,1-2H3,(H,18,19). The van der Waals surface area contributed by atoms with E-state index < -0.39 is 13.0 Å². The van der Waals surface area contributed by atoms with Crippen LogP contribution in [0, 0.1) is 0 Å². The predicted molar refractivity (Wildman–Crippen MR) is 74.0 cm³/mol. The number of rotatable bonds is 8. The molecule has 112 valence electrons. The van der Waals surface area contributed by atoms with Gasteiger partial charge in [-0.05, 0) is 24.6 Å². The zero-order valence-electron chi connectivity index (χ0n) is 11.7. The summed E-state index contributed by atoms with van der Waals surface area (Å²) in [5.41, 5.74) is 1.74. The second-order valence-electron chi connectivity index (χ2n) is 4.45. The number of nitrogens with one attached hydrogen (secondary N) is 2. The van der Waals surface area contributed by atoms with Gasteiger partial charge in [0.15, 0.2) is 0 Å². The minimum Gasteiger partial charge on any atom is -0.374 e. The van der Waals surface area contributed by atoms with Crippen LogP contribution in [-0.4, -0.2) is 32.1 Å². The first-order valence-electron chi connectivity index (χ1n) is 6.46. The molecule has 0 heterocycles. The number of benzene rings is 1. The van der Waals surface area contributed by atoms with Gasteiger partial charge in [0.1, 0.15) is 6.61 Å². The largest absolute Gasteiger partial charge is 0.374 e. The third-order valence-corrected chi connectivity index (χ3v) is 2.65. The van der Waals surface area contributed by atoms with Crippen molar-refractivity contribution in [1.29, 1.82) is 0 Å². The average molecular weight is 286 g/mol. The summed E-state index contributed by atoms with van der Waals surface area (Å²) in [5, 5.41) is 5.88. The van der Waals surface area contributed by atoms with Crippen molar-refractivity contribution in [1.82, 2.24) is 5.32 Å². The Balaban J connectivity index is 2.39. The number of carbonyl (C=O) groups excluding carboxylic acids is 1. The highest BCUT2D eigenvalue weighted by Gasteiger charge is 2.06. The maximum absolute atomic E-state index is 11.9. The van der Waals surface area contributed by atoms with E-state index in [0.717, 1.165) is 11.3 Å². The molecule has 0 saturated carbocycles. The van der Waals surface area contributed by atoms with Crippen molar-refractivity contribution in [2.45, 2.75) is 26.3 Å². The van der Waals surface area contributed by atoms with Crippen molar-refractivity contribution in [3.63, 3.8) is 0 Å². The lowest BCUT2D eigenvalue weighted by molar-refractivity contribution is -0.114.